The summed E-state index contributed by atoms with van der Waals surface area (Å²) < 4.78 is 7.01. The number of ether oxygens (including phenoxy) is 1. The summed E-state index contributed by atoms with van der Waals surface area (Å²) in [6.07, 6.45) is 3.53. The number of amides is 1. The summed E-state index contributed by atoms with van der Waals surface area (Å²) in [5, 5.41) is 3.02. The van der Waals surface area contributed by atoms with Crippen molar-refractivity contribution in [1.82, 2.24) is 14.9 Å². The van der Waals surface area contributed by atoms with Gasteiger partial charge in [0.05, 0.1) is 13.2 Å². The smallest absolute Gasteiger partial charge is 0.240 e. The summed E-state index contributed by atoms with van der Waals surface area (Å²) in [6, 6.07) is 17.4. The summed E-state index contributed by atoms with van der Waals surface area (Å²) in [6.45, 7) is 2.19. The Morgan fingerprint density at radius 1 is 1.16 bits per heavy atom. The van der Waals surface area contributed by atoms with E-state index in [0.29, 0.717) is 0 Å². The number of rotatable bonds is 6. The van der Waals surface area contributed by atoms with Gasteiger partial charge in [0, 0.05) is 18.0 Å². The molecule has 1 aromatic heterocycles. The van der Waals surface area contributed by atoms with Crippen molar-refractivity contribution in [3.05, 3.63) is 72.6 Å². The summed E-state index contributed by atoms with van der Waals surface area (Å²) in [5.74, 6) is 1.53. The lowest BCUT2D eigenvalue weighted by molar-refractivity contribution is -0.122. The highest BCUT2D eigenvalue weighted by atomic mass is 16.5. The fourth-order valence-corrected chi connectivity index (χ4v) is 2.70. The largest absolute Gasteiger partial charge is 0.497 e. The fourth-order valence-electron chi connectivity index (χ4n) is 2.70. The van der Waals surface area contributed by atoms with E-state index in [-0.39, 0.29) is 18.5 Å². The molecule has 25 heavy (non-hydrogen) atoms. The number of nitrogens with one attached hydrogen (secondary N) is 1. The monoisotopic (exact) mass is 335 g/mol. The number of benzene rings is 2. The number of imidazole rings is 1. The number of hydrogen-bond acceptors (Lipinski definition) is 3. The molecule has 0 aliphatic carbocycles. The van der Waals surface area contributed by atoms with Gasteiger partial charge < -0.3 is 14.6 Å². The van der Waals surface area contributed by atoms with E-state index in [1.807, 2.05) is 72.3 Å². The van der Waals surface area contributed by atoms with E-state index in [1.165, 1.54) is 0 Å². The van der Waals surface area contributed by atoms with Crippen LogP contribution in [0.25, 0.3) is 11.4 Å². The average Bonchev–Trinajstić information content (AvgIpc) is 3.10. The van der Waals surface area contributed by atoms with Crippen LogP contribution in [0, 0.1) is 0 Å². The zero-order valence-electron chi connectivity index (χ0n) is 14.3. The van der Waals surface area contributed by atoms with Crippen LogP contribution in [-0.4, -0.2) is 22.6 Å². The number of carbonyl (C=O) groups is 1. The van der Waals surface area contributed by atoms with Crippen molar-refractivity contribution in [1.29, 1.82) is 0 Å². The molecule has 0 radical (unpaired) electrons. The highest BCUT2D eigenvalue weighted by Crippen LogP contribution is 2.18. The first kappa shape index (κ1) is 16.8. The molecule has 1 atom stereocenters. The van der Waals surface area contributed by atoms with Gasteiger partial charge >= 0.3 is 0 Å². The second-order valence-electron chi connectivity index (χ2n) is 5.81. The van der Waals surface area contributed by atoms with Gasteiger partial charge in [-0.3, -0.25) is 4.79 Å². The van der Waals surface area contributed by atoms with Crippen LogP contribution in [0.3, 0.4) is 0 Å². The summed E-state index contributed by atoms with van der Waals surface area (Å²) in [5.41, 5.74) is 2.02. The lowest BCUT2D eigenvalue weighted by Gasteiger charge is -2.16. The Morgan fingerprint density at radius 3 is 2.56 bits per heavy atom. The molecule has 0 aliphatic heterocycles. The first-order valence-corrected chi connectivity index (χ1v) is 8.17. The molecule has 2 aromatic carbocycles. The van der Waals surface area contributed by atoms with E-state index in [1.54, 1.807) is 13.3 Å². The van der Waals surface area contributed by atoms with Gasteiger partial charge in [0.2, 0.25) is 5.91 Å². The van der Waals surface area contributed by atoms with Gasteiger partial charge in [-0.25, -0.2) is 4.98 Å². The first-order valence-electron chi connectivity index (χ1n) is 8.17. The fraction of sp³-hybridized carbons (Fsp3) is 0.200. The number of methoxy groups -OCH3 is 1. The molecule has 5 nitrogen and oxygen atoms in total. The maximum Gasteiger partial charge on any atom is 0.240 e. The van der Waals surface area contributed by atoms with E-state index in [9.17, 15) is 4.79 Å². The molecular formula is C20H21N3O2. The average molecular weight is 335 g/mol. The zero-order chi connectivity index (χ0) is 17.6. The highest BCUT2D eigenvalue weighted by Gasteiger charge is 2.13. The Balaban J connectivity index is 1.66. The van der Waals surface area contributed by atoms with Crippen LogP contribution in [0.5, 0.6) is 5.75 Å². The van der Waals surface area contributed by atoms with Gasteiger partial charge in [-0.15, -0.1) is 0 Å². The molecule has 1 heterocycles. The summed E-state index contributed by atoms with van der Waals surface area (Å²) in [7, 11) is 1.63. The highest BCUT2D eigenvalue weighted by molar-refractivity contribution is 5.77. The third-order valence-electron chi connectivity index (χ3n) is 4.05. The molecule has 5 heteroatoms. The summed E-state index contributed by atoms with van der Waals surface area (Å²) in [4.78, 5) is 16.8. The van der Waals surface area contributed by atoms with Crippen LogP contribution >= 0.6 is 0 Å². The standard InChI is InChI=1S/C20H21N3O2/c1-15(16-8-10-18(25-2)11-9-16)22-19(24)14-23-13-12-21-20(23)17-6-4-3-5-7-17/h3-13,15H,14H2,1-2H3,(H,22,24)/t15-/m1/s1. The molecule has 0 saturated heterocycles. The molecule has 1 N–H and O–H groups in total. The van der Waals surface area contributed by atoms with Crippen molar-refractivity contribution in [3.63, 3.8) is 0 Å². The number of aromatic nitrogens is 2. The molecule has 128 valence electrons. The van der Waals surface area contributed by atoms with Crippen LogP contribution in [0.4, 0.5) is 0 Å². The van der Waals surface area contributed by atoms with Crippen LogP contribution in [0.1, 0.15) is 18.5 Å². The van der Waals surface area contributed by atoms with Gasteiger partial charge in [0.25, 0.3) is 0 Å². The lowest BCUT2D eigenvalue weighted by Crippen LogP contribution is -2.30. The first-order chi connectivity index (χ1) is 12.2. The van der Waals surface area contributed by atoms with Gasteiger partial charge in [0.1, 0.15) is 18.1 Å². The minimum Gasteiger partial charge on any atom is -0.497 e. The molecule has 0 bridgehead atoms. The van der Waals surface area contributed by atoms with Crippen LogP contribution in [0.15, 0.2) is 67.0 Å². The number of carbonyl (C=O) groups excluding carboxylic acids is 1. The SMILES string of the molecule is COc1ccc([C@@H](C)NC(=O)Cn2ccnc2-c2ccccc2)cc1. The second kappa shape index (κ2) is 7.66. The van der Waals surface area contributed by atoms with Crippen molar-refractivity contribution in [3.8, 4) is 17.1 Å². The quantitative estimate of drug-likeness (QED) is 0.751. The predicted octanol–water partition coefficient (Wildman–Crippen LogP) is 3.44. The molecule has 3 aromatic rings. The van der Waals surface area contributed by atoms with Crippen LogP contribution in [0.2, 0.25) is 0 Å². The Labute approximate surface area is 147 Å². The minimum absolute atomic E-state index is 0.0569. The number of nitrogens with zero attached hydrogens (tertiary/aromatic N) is 2. The molecule has 1 amide bonds. The summed E-state index contributed by atoms with van der Waals surface area (Å²) >= 11 is 0. The third-order valence-corrected chi connectivity index (χ3v) is 4.05. The van der Waals surface area contributed by atoms with Gasteiger partial charge in [-0.05, 0) is 24.6 Å². The maximum absolute atomic E-state index is 12.4. The van der Waals surface area contributed by atoms with Gasteiger partial charge in [0.15, 0.2) is 0 Å². The second-order valence-corrected chi connectivity index (χ2v) is 5.81. The van der Waals surface area contributed by atoms with Gasteiger partial charge in [-0.1, -0.05) is 42.5 Å². The van der Waals surface area contributed by atoms with Crippen molar-refractivity contribution in [2.24, 2.45) is 0 Å². The topological polar surface area (TPSA) is 56.1 Å². The molecule has 0 unspecified atom stereocenters. The molecular weight excluding hydrogens is 314 g/mol. The lowest BCUT2D eigenvalue weighted by atomic mass is 10.1. The molecule has 0 aliphatic rings. The Bertz CT molecular complexity index is 826. The molecule has 3 rings (SSSR count). The maximum atomic E-state index is 12.4. The van der Waals surface area contributed by atoms with Crippen LogP contribution in [-0.2, 0) is 11.3 Å². The predicted molar refractivity (Wildman–Crippen MR) is 97.2 cm³/mol. The van der Waals surface area contributed by atoms with Crippen molar-refractivity contribution in [2.75, 3.05) is 7.11 Å². The minimum atomic E-state index is -0.0814. The van der Waals surface area contributed by atoms with Gasteiger partial charge in [-0.2, -0.15) is 0 Å². The van der Waals surface area contributed by atoms with E-state index in [0.717, 1.165) is 22.7 Å². The molecule has 0 saturated carbocycles. The van der Waals surface area contributed by atoms with Crippen molar-refractivity contribution < 1.29 is 9.53 Å². The van der Waals surface area contributed by atoms with E-state index < -0.39 is 0 Å². The normalized spacial score (nSPS) is 11.8. The molecule has 0 fully saturated rings. The molecule has 0 spiro atoms. The Morgan fingerprint density at radius 2 is 1.88 bits per heavy atom. The van der Waals surface area contributed by atoms with E-state index in [2.05, 4.69) is 10.3 Å². The van der Waals surface area contributed by atoms with Crippen molar-refractivity contribution >= 4 is 5.91 Å². The van der Waals surface area contributed by atoms with Crippen molar-refractivity contribution in [2.45, 2.75) is 19.5 Å². The third kappa shape index (κ3) is 4.07. The van der Waals surface area contributed by atoms with Crippen LogP contribution < -0.4 is 10.1 Å². The zero-order valence-corrected chi connectivity index (χ0v) is 14.3. The Kier molecular flexibility index (Phi) is 5.14. The van der Waals surface area contributed by atoms with E-state index in [4.69, 9.17) is 4.74 Å². The Hall–Kier alpha value is -3.08. The number of hydrogen-bond donors (Lipinski definition) is 1. The van der Waals surface area contributed by atoms with E-state index >= 15 is 0 Å².